The number of imidazole rings is 1. The van der Waals surface area contributed by atoms with Crippen LogP contribution in [0.25, 0.3) is 22.3 Å². The van der Waals surface area contributed by atoms with Crippen molar-refractivity contribution >= 4 is 17.0 Å². The Labute approximate surface area is 187 Å². The first-order valence-electron chi connectivity index (χ1n) is 11.3. The van der Waals surface area contributed by atoms with Gasteiger partial charge in [0.2, 0.25) is 0 Å². The van der Waals surface area contributed by atoms with Crippen molar-refractivity contribution in [3.63, 3.8) is 0 Å². The van der Waals surface area contributed by atoms with Crippen molar-refractivity contribution in [2.45, 2.75) is 47.1 Å². The van der Waals surface area contributed by atoms with Gasteiger partial charge in [0, 0.05) is 41.5 Å². The van der Waals surface area contributed by atoms with Crippen molar-refractivity contribution in [3.8, 4) is 16.9 Å². The zero-order valence-corrected chi connectivity index (χ0v) is 19.1. The highest BCUT2D eigenvalue weighted by atomic mass is 16.5. The second-order valence-corrected chi connectivity index (χ2v) is 8.24. The molecule has 0 unspecified atom stereocenters. The number of nitrogens with zero attached hydrogens (tertiary/aromatic N) is 5. The van der Waals surface area contributed by atoms with E-state index in [4.69, 9.17) is 9.72 Å². The maximum Gasteiger partial charge on any atom is 0.177 e. The van der Waals surface area contributed by atoms with E-state index in [0.717, 1.165) is 82.7 Å². The second kappa shape index (κ2) is 8.22. The van der Waals surface area contributed by atoms with E-state index in [2.05, 4.69) is 69.9 Å². The molecule has 0 aliphatic carbocycles. The highest BCUT2D eigenvalue weighted by molar-refractivity contribution is 5.78. The quantitative estimate of drug-likeness (QED) is 0.513. The van der Waals surface area contributed by atoms with Crippen LogP contribution in [0.5, 0.6) is 5.75 Å². The average Bonchev–Trinajstić information content (AvgIpc) is 3.04. The number of aromatic amines is 1. The molecule has 4 aromatic rings. The summed E-state index contributed by atoms with van der Waals surface area (Å²) in [4.78, 5) is 24.1. The summed E-state index contributed by atoms with van der Waals surface area (Å²) in [5.41, 5.74) is 7.29. The van der Waals surface area contributed by atoms with Crippen LogP contribution >= 0.6 is 0 Å². The summed E-state index contributed by atoms with van der Waals surface area (Å²) < 4.78 is 6.11. The molecule has 1 aliphatic rings. The topological polar surface area (TPSA) is 79.8 Å². The molecule has 0 spiro atoms. The maximum atomic E-state index is 6.11. The average molecular weight is 429 g/mol. The molecule has 0 saturated heterocycles. The van der Waals surface area contributed by atoms with Crippen molar-refractivity contribution in [1.29, 1.82) is 0 Å². The summed E-state index contributed by atoms with van der Waals surface area (Å²) in [6, 6.07) is 8.48. The van der Waals surface area contributed by atoms with Gasteiger partial charge in [-0.15, -0.1) is 0 Å². The molecule has 32 heavy (non-hydrogen) atoms. The van der Waals surface area contributed by atoms with Gasteiger partial charge >= 0.3 is 0 Å². The number of aromatic nitrogens is 5. The van der Waals surface area contributed by atoms with Gasteiger partial charge in [0.15, 0.2) is 5.65 Å². The smallest absolute Gasteiger partial charge is 0.177 e. The van der Waals surface area contributed by atoms with Crippen LogP contribution in [0.4, 0.5) is 5.82 Å². The molecular weight excluding hydrogens is 400 g/mol. The van der Waals surface area contributed by atoms with Crippen LogP contribution in [0.15, 0.2) is 30.5 Å². The predicted octanol–water partition coefficient (Wildman–Crippen LogP) is 4.56. The lowest BCUT2D eigenvalue weighted by atomic mass is 10.0. The first kappa shape index (κ1) is 20.4. The number of fused-ring (bicyclic) bond motifs is 2. The van der Waals surface area contributed by atoms with Gasteiger partial charge < -0.3 is 14.6 Å². The second-order valence-electron chi connectivity index (χ2n) is 8.24. The zero-order chi connectivity index (χ0) is 22.2. The Balaban J connectivity index is 1.53. The van der Waals surface area contributed by atoms with Gasteiger partial charge in [-0.1, -0.05) is 19.9 Å². The van der Waals surface area contributed by atoms with Gasteiger partial charge in [0.1, 0.15) is 29.8 Å². The van der Waals surface area contributed by atoms with Crippen LogP contribution in [0.1, 0.15) is 42.3 Å². The number of H-pyrrole nitrogens is 1. The van der Waals surface area contributed by atoms with Gasteiger partial charge in [-0.25, -0.2) is 19.9 Å². The minimum absolute atomic E-state index is 0.626. The molecule has 1 aliphatic heterocycles. The number of benzene rings is 1. The van der Waals surface area contributed by atoms with E-state index in [0.29, 0.717) is 6.61 Å². The largest absolute Gasteiger partial charge is 0.491 e. The number of nitrogens with one attached hydrogen (secondary N) is 1. The summed E-state index contributed by atoms with van der Waals surface area (Å²) in [6.45, 7) is 10.5. The van der Waals surface area contributed by atoms with Crippen LogP contribution in [-0.2, 0) is 19.4 Å². The summed E-state index contributed by atoms with van der Waals surface area (Å²) in [6.07, 6.45) is 3.62. The highest BCUT2D eigenvalue weighted by Gasteiger charge is 2.21. The molecule has 0 bridgehead atoms. The van der Waals surface area contributed by atoms with Gasteiger partial charge in [-0.05, 0) is 44.0 Å². The number of anilines is 1. The highest BCUT2D eigenvalue weighted by Crippen LogP contribution is 2.32. The fraction of sp³-hybridized carbons (Fsp3) is 0.360. The van der Waals surface area contributed by atoms with E-state index >= 15 is 0 Å². The van der Waals surface area contributed by atoms with Crippen LogP contribution < -0.4 is 9.64 Å². The molecule has 0 radical (unpaired) electrons. The van der Waals surface area contributed by atoms with Gasteiger partial charge in [0.05, 0.1) is 12.1 Å². The molecule has 1 N–H and O–H groups in total. The molecule has 5 rings (SSSR count). The number of hydrogen-bond donors (Lipinski definition) is 1. The third kappa shape index (κ3) is 3.68. The number of pyridine rings is 1. The van der Waals surface area contributed by atoms with Gasteiger partial charge in [-0.2, -0.15) is 0 Å². The fourth-order valence-electron chi connectivity index (χ4n) is 4.40. The lowest BCUT2D eigenvalue weighted by molar-refractivity contribution is 0.331. The van der Waals surface area contributed by atoms with Crippen molar-refractivity contribution in [1.82, 2.24) is 24.9 Å². The van der Waals surface area contributed by atoms with Crippen molar-refractivity contribution < 1.29 is 4.74 Å². The third-order valence-electron chi connectivity index (χ3n) is 6.04. The fourth-order valence-corrected chi connectivity index (χ4v) is 4.40. The molecule has 7 nitrogen and oxygen atoms in total. The number of hydrogen-bond acceptors (Lipinski definition) is 6. The molecule has 0 atom stereocenters. The first-order valence-corrected chi connectivity index (χ1v) is 11.3. The van der Waals surface area contributed by atoms with Crippen molar-refractivity contribution in [2.75, 3.05) is 18.1 Å². The minimum Gasteiger partial charge on any atom is -0.491 e. The van der Waals surface area contributed by atoms with E-state index in [1.807, 2.05) is 13.1 Å². The molecule has 164 valence electrons. The molecule has 0 saturated carbocycles. The van der Waals surface area contributed by atoms with E-state index in [-0.39, 0.29) is 0 Å². The van der Waals surface area contributed by atoms with Gasteiger partial charge in [0.25, 0.3) is 0 Å². The first-order chi connectivity index (χ1) is 15.6. The Morgan fingerprint density at radius 1 is 1.03 bits per heavy atom. The lowest BCUT2D eigenvalue weighted by Gasteiger charge is -2.25. The molecule has 3 aromatic heterocycles. The number of rotatable bonds is 4. The monoisotopic (exact) mass is 428 g/mol. The van der Waals surface area contributed by atoms with Crippen LogP contribution in [0, 0.1) is 13.8 Å². The Morgan fingerprint density at radius 2 is 1.91 bits per heavy atom. The predicted molar refractivity (Wildman–Crippen MR) is 126 cm³/mol. The molecule has 1 aromatic carbocycles. The van der Waals surface area contributed by atoms with Crippen LogP contribution in [0.2, 0.25) is 0 Å². The maximum absolute atomic E-state index is 6.11. The molecular formula is C25H28N6O. The Kier molecular flexibility index (Phi) is 5.25. The molecule has 0 fully saturated rings. The summed E-state index contributed by atoms with van der Waals surface area (Å²) in [7, 11) is 0. The van der Waals surface area contributed by atoms with E-state index in [1.165, 1.54) is 5.56 Å². The van der Waals surface area contributed by atoms with Crippen molar-refractivity contribution in [2.24, 2.45) is 0 Å². The molecule has 7 heteroatoms. The minimum atomic E-state index is 0.626. The summed E-state index contributed by atoms with van der Waals surface area (Å²) >= 11 is 0. The summed E-state index contributed by atoms with van der Waals surface area (Å²) in [5.74, 6) is 3.73. The van der Waals surface area contributed by atoms with E-state index < -0.39 is 0 Å². The number of aryl methyl sites for hydroxylation is 3. The van der Waals surface area contributed by atoms with Crippen LogP contribution in [-0.4, -0.2) is 38.1 Å². The Hall–Kier alpha value is -3.48. The summed E-state index contributed by atoms with van der Waals surface area (Å²) in [5, 5.41) is 0. The Bertz CT molecular complexity index is 1300. The Morgan fingerprint density at radius 3 is 2.72 bits per heavy atom. The third-order valence-corrected chi connectivity index (χ3v) is 6.04. The van der Waals surface area contributed by atoms with Crippen molar-refractivity contribution in [3.05, 3.63) is 58.9 Å². The zero-order valence-electron chi connectivity index (χ0n) is 19.1. The SMILES string of the molecule is CCc1nc(C)c(CC)c(N2CCOc3ccc(-c4cnc5nc(C)[nH]c5c4)cc3C2)n1. The van der Waals surface area contributed by atoms with Gasteiger partial charge in [-0.3, -0.25) is 0 Å². The van der Waals surface area contributed by atoms with Crippen LogP contribution in [0.3, 0.4) is 0 Å². The number of ether oxygens (including phenoxy) is 1. The van der Waals surface area contributed by atoms with E-state index in [1.54, 1.807) is 0 Å². The normalized spacial score (nSPS) is 13.7. The molecule has 0 amide bonds. The lowest BCUT2D eigenvalue weighted by Crippen LogP contribution is -2.28. The van der Waals surface area contributed by atoms with E-state index in [9.17, 15) is 0 Å². The standard InChI is InChI=1S/C25H28N6O/c1-5-20-15(3)27-23(6-2)30-25(20)31-9-10-32-22-8-7-17(11-19(22)14-31)18-12-21-24(26-13-18)29-16(4)28-21/h7-8,11-13H,5-6,9-10,14H2,1-4H3,(H,26,28,29). The molecule has 4 heterocycles.